The van der Waals surface area contributed by atoms with Crippen LogP contribution in [-0.4, -0.2) is 142 Å². The zero-order chi connectivity index (χ0) is 49.0. The first kappa shape index (κ1) is 55.0. The van der Waals surface area contributed by atoms with Gasteiger partial charge in [0, 0.05) is 37.5 Å². The smallest absolute Gasteiger partial charge is 0.410 e. The van der Waals surface area contributed by atoms with Crippen LogP contribution in [0.4, 0.5) is 15.3 Å². The molecule has 0 radical (unpaired) electrons. The quantitative estimate of drug-likeness (QED) is 0.0648. The molecule has 4 atom stereocenters. The van der Waals surface area contributed by atoms with Crippen molar-refractivity contribution < 1.29 is 47.9 Å². The number of rotatable bonds is 24. The van der Waals surface area contributed by atoms with Crippen molar-refractivity contribution in [3.8, 4) is 0 Å². The number of ether oxygens (including phenoxy) is 1. The maximum atomic E-state index is 13.6. The largest absolute Gasteiger partial charge is 0.445 e. The normalized spacial score (nSPS) is 14.4. The third kappa shape index (κ3) is 18.5. The van der Waals surface area contributed by atoms with Gasteiger partial charge in [-0.15, -0.1) is 0 Å². The van der Waals surface area contributed by atoms with E-state index in [1.165, 1.54) is 26.6 Å². The molecule has 1 fully saturated rings. The number of nitrogens with zero attached hydrogens (tertiary/aromatic N) is 4. The predicted molar refractivity (Wildman–Crippen MR) is 247 cm³/mol. The van der Waals surface area contributed by atoms with E-state index in [0.29, 0.717) is 11.3 Å². The van der Waals surface area contributed by atoms with Crippen molar-refractivity contribution in [1.29, 1.82) is 0 Å². The van der Waals surface area contributed by atoms with Crippen LogP contribution in [0.2, 0.25) is 0 Å². The minimum Gasteiger partial charge on any atom is -0.445 e. The van der Waals surface area contributed by atoms with Crippen molar-refractivity contribution in [3.05, 3.63) is 55.1 Å². The maximum Gasteiger partial charge on any atom is 0.410 e. The second kappa shape index (κ2) is 27.3. The first-order chi connectivity index (χ1) is 30.6. The van der Waals surface area contributed by atoms with E-state index >= 15 is 0 Å². The maximum absolute atomic E-state index is 13.6. The van der Waals surface area contributed by atoms with E-state index in [-0.39, 0.29) is 93.6 Å². The Labute approximate surface area is 386 Å². The van der Waals surface area contributed by atoms with Crippen molar-refractivity contribution >= 4 is 70.9 Å². The van der Waals surface area contributed by atoms with Crippen molar-refractivity contribution in [2.75, 3.05) is 50.4 Å². The fraction of sp³-hybridized carbons (Fsp3) is 0.568. The standard InChI is InChI=1S/C44H68N10O10S/c1-11-35(56)52-24-53(36(57)12-2)26-54(25-52)37(58)19-21-65-23-34(55)50-38(28(5)6)41(60)49-33(14-13-20-46-43(45)62)40(59)48-32-17-15-31(16-18-32)22-64-44(63)51(10)39(29(7)8)42(61)47-30(9)27(3)4/h11-12,15-18,27-30,33,38-39H,1-2,13-14,19-26H2,3-10H3,(H,47,61)(H,48,59)(H,49,60)(H,50,55)(H3,45,46,62)/t30-,33+,38+,39+/m1/s1. The van der Waals surface area contributed by atoms with E-state index in [9.17, 15) is 43.2 Å². The number of nitrogens with two attached hydrogens (primary N) is 1. The number of urea groups is 1. The topological polar surface area (TPSA) is 262 Å². The number of carbonyl (C=O) groups is 9. The van der Waals surface area contributed by atoms with Gasteiger partial charge in [-0.2, -0.15) is 11.8 Å². The van der Waals surface area contributed by atoms with E-state index in [0.717, 1.165) is 23.9 Å². The van der Waals surface area contributed by atoms with Crippen LogP contribution in [0.5, 0.6) is 0 Å². The molecule has 65 heavy (non-hydrogen) atoms. The fourth-order valence-corrected chi connectivity index (χ4v) is 7.14. The summed E-state index contributed by atoms with van der Waals surface area (Å²) in [5.41, 5.74) is 6.18. The molecule has 1 aromatic carbocycles. The van der Waals surface area contributed by atoms with E-state index in [4.69, 9.17) is 10.5 Å². The molecule has 0 saturated carbocycles. The van der Waals surface area contributed by atoms with Gasteiger partial charge in [0.2, 0.25) is 41.4 Å². The third-order valence-corrected chi connectivity index (χ3v) is 11.4. The summed E-state index contributed by atoms with van der Waals surface area (Å²) in [6.07, 6.45) is 1.89. The molecule has 0 unspecified atom stereocenters. The summed E-state index contributed by atoms with van der Waals surface area (Å²) >= 11 is 1.16. The Morgan fingerprint density at radius 2 is 1.37 bits per heavy atom. The molecule has 10 amide bonds. The first-order valence-electron chi connectivity index (χ1n) is 21.5. The highest BCUT2D eigenvalue weighted by atomic mass is 32.2. The highest BCUT2D eigenvalue weighted by Gasteiger charge is 2.33. The third-order valence-electron chi connectivity index (χ3n) is 10.5. The lowest BCUT2D eigenvalue weighted by Crippen LogP contribution is -2.59. The molecule has 7 N–H and O–H groups in total. The van der Waals surface area contributed by atoms with Crippen molar-refractivity contribution in [2.45, 2.75) is 98.5 Å². The van der Waals surface area contributed by atoms with Crippen molar-refractivity contribution in [1.82, 2.24) is 40.9 Å². The van der Waals surface area contributed by atoms with Gasteiger partial charge in [-0.25, -0.2) is 9.59 Å². The molecule has 1 aliphatic rings. The molecule has 0 spiro atoms. The van der Waals surface area contributed by atoms with Gasteiger partial charge >= 0.3 is 12.1 Å². The van der Waals surface area contributed by atoms with Crippen LogP contribution in [0, 0.1) is 17.8 Å². The predicted octanol–water partition coefficient (Wildman–Crippen LogP) is 2.32. The average molecular weight is 929 g/mol. The average Bonchev–Trinajstić information content (AvgIpc) is 3.26. The van der Waals surface area contributed by atoms with Gasteiger partial charge in [0.05, 0.1) is 25.8 Å². The van der Waals surface area contributed by atoms with Crippen molar-refractivity contribution in [3.63, 3.8) is 0 Å². The van der Waals surface area contributed by atoms with E-state index in [1.54, 1.807) is 38.1 Å². The Hall–Kier alpha value is -6.12. The first-order valence-corrected chi connectivity index (χ1v) is 22.7. The summed E-state index contributed by atoms with van der Waals surface area (Å²) < 4.78 is 5.51. The van der Waals surface area contributed by atoms with E-state index < -0.39 is 65.7 Å². The molecule has 1 saturated heterocycles. The molecular formula is C44H68N10O10S. The van der Waals surface area contributed by atoms with Gasteiger partial charge in [-0.05, 0) is 67.4 Å². The van der Waals surface area contributed by atoms with Gasteiger partial charge < -0.3 is 51.8 Å². The highest BCUT2D eigenvalue weighted by Crippen LogP contribution is 2.17. The lowest BCUT2D eigenvalue weighted by molar-refractivity contribution is -0.154. The SMILES string of the molecule is C=CC(=O)N1CN(C(=O)C=C)CN(C(=O)CCSCC(=O)N[C@H](C(=O)N[C@@H](CCCNC(N)=O)C(=O)Nc2ccc(COC(=O)N(C)[C@H](C(=O)N[C@H](C)C(C)C)C(C)C)cc2)C(C)C)C1. The fourth-order valence-electron chi connectivity index (χ4n) is 6.40. The summed E-state index contributed by atoms with van der Waals surface area (Å²) in [4.78, 5) is 120. The zero-order valence-electron chi connectivity index (χ0n) is 38.8. The number of benzene rings is 1. The molecule has 2 rings (SSSR count). The number of anilines is 1. The molecule has 1 aliphatic heterocycles. The van der Waals surface area contributed by atoms with Gasteiger partial charge in [-0.1, -0.05) is 66.8 Å². The number of carbonyl (C=O) groups excluding carboxylic acids is 9. The number of likely N-dealkylation sites (N-methyl/N-ethyl adjacent to an activating group) is 1. The molecule has 0 aliphatic carbocycles. The summed E-state index contributed by atoms with van der Waals surface area (Å²) in [5, 5.41) is 13.6. The lowest BCUT2D eigenvalue weighted by Gasteiger charge is -2.41. The number of thioether (sulfide) groups is 1. The van der Waals surface area contributed by atoms with Crippen LogP contribution >= 0.6 is 11.8 Å². The number of primary amides is 1. The van der Waals surface area contributed by atoms with Crippen LogP contribution in [0.1, 0.15) is 73.3 Å². The minimum atomic E-state index is -1.09. The highest BCUT2D eigenvalue weighted by molar-refractivity contribution is 7.99. The number of hydrogen-bond donors (Lipinski definition) is 6. The molecule has 0 aromatic heterocycles. The van der Waals surface area contributed by atoms with Crippen LogP contribution in [0.25, 0.3) is 0 Å². The zero-order valence-corrected chi connectivity index (χ0v) is 39.7. The molecule has 0 bridgehead atoms. The Bertz CT molecular complexity index is 1830. The Morgan fingerprint density at radius 3 is 1.89 bits per heavy atom. The Balaban J connectivity index is 2.02. The van der Waals surface area contributed by atoms with Gasteiger partial charge in [-0.3, -0.25) is 38.5 Å². The second-order valence-corrected chi connectivity index (χ2v) is 17.8. The van der Waals surface area contributed by atoms with Crippen LogP contribution in [0.15, 0.2) is 49.6 Å². The van der Waals surface area contributed by atoms with E-state index in [2.05, 4.69) is 39.7 Å². The number of nitrogens with one attached hydrogen (secondary N) is 5. The molecular weight excluding hydrogens is 861 g/mol. The van der Waals surface area contributed by atoms with Gasteiger partial charge in [0.1, 0.15) is 24.7 Å². The lowest BCUT2D eigenvalue weighted by atomic mass is 10.0. The van der Waals surface area contributed by atoms with Crippen LogP contribution in [0.3, 0.4) is 0 Å². The molecule has 20 nitrogen and oxygen atoms in total. The van der Waals surface area contributed by atoms with Gasteiger partial charge in [0.15, 0.2) is 0 Å². The summed E-state index contributed by atoms with van der Waals surface area (Å²) in [5.74, 6) is -3.40. The van der Waals surface area contributed by atoms with Crippen molar-refractivity contribution in [2.24, 2.45) is 23.5 Å². The Kier molecular flexibility index (Phi) is 23.1. The Morgan fingerprint density at radius 1 is 0.785 bits per heavy atom. The molecule has 360 valence electrons. The monoisotopic (exact) mass is 928 g/mol. The molecule has 21 heteroatoms. The summed E-state index contributed by atoms with van der Waals surface area (Å²) in [7, 11) is 1.51. The van der Waals surface area contributed by atoms with Crippen LogP contribution in [-0.2, 0) is 44.9 Å². The molecule has 1 aromatic rings. The number of hydrogen-bond acceptors (Lipinski definition) is 11. The second-order valence-electron chi connectivity index (χ2n) is 16.7. The minimum absolute atomic E-state index is 0.00577. The van der Waals surface area contributed by atoms with Crippen LogP contribution < -0.4 is 32.3 Å². The number of amides is 10. The summed E-state index contributed by atoms with van der Waals surface area (Å²) in [6.45, 7) is 19.9. The van der Waals surface area contributed by atoms with E-state index in [1.807, 2.05) is 34.6 Å². The van der Waals surface area contributed by atoms with Gasteiger partial charge in [0.25, 0.3) is 0 Å². The molecule has 1 heterocycles. The summed E-state index contributed by atoms with van der Waals surface area (Å²) in [6, 6.07) is 2.79.